The predicted octanol–water partition coefficient (Wildman–Crippen LogP) is 3.83. The Bertz CT molecular complexity index is 864. The molecule has 7 heteroatoms. The molecule has 2 N–H and O–H groups in total. The molecule has 0 heterocycles. The molecule has 0 radical (unpaired) electrons. The molecule has 0 aromatic heterocycles. The molecule has 1 amide bonds. The van der Waals surface area contributed by atoms with Crippen LogP contribution in [0, 0.1) is 13.8 Å². The van der Waals surface area contributed by atoms with Crippen LogP contribution in [0.5, 0.6) is 0 Å². The van der Waals surface area contributed by atoms with E-state index >= 15 is 0 Å². The minimum absolute atomic E-state index is 0.173. The molecule has 0 atom stereocenters. The molecule has 122 valence electrons. The van der Waals surface area contributed by atoms with Gasteiger partial charge in [-0.15, -0.1) is 0 Å². The lowest BCUT2D eigenvalue weighted by molar-refractivity contribution is -0.114. The van der Waals surface area contributed by atoms with Crippen LogP contribution in [-0.2, 0) is 14.8 Å². The second-order valence-corrected chi connectivity index (χ2v) is 7.76. The lowest BCUT2D eigenvalue weighted by Gasteiger charge is -2.12. The lowest BCUT2D eigenvalue weighted by atomic mass is 10.2. The van der Waals surface area contributed by atoms with Gasteiger partial charge in [0.2, 0.25) is 5.91 Å². The van der Waals surface area contributed by atoms with Gasteiger partial charge in [-0.25, -0.2) is 8.42 Å². The maximum atomic E-state index is 12.5. The summed E-state index contributed by atoms with van der Waals surface area (Å²) in [5, 5.41) is 2.69. The predicted molar refractivity (Wildman–Crippen MR) is 95.2 cm³/mol. The Morgan fingerprint density at radius 1 is 1.09 bits per heavy atom. The Hall–Kier alpha value is -1.86. The average Bonchev–Trinajstić information content (AvgIpc) is 2.40. The number of halogens is 1. The highest BCUT2D eigenvalue weighted by Crippen LogP contribution is 2.26. The first kappa shape index (κ1) is 17.5. The van der Waals surface area contributed by atoms with Gasteiger partial charge < -0.3 is 5.32 Å². The molecule has 0 fully saturated rings. The summed E-state index contributed by atoms with van der Waals surface area (Å²) in [6.07, 6.45) is 0. The maximum Gasteiger partial charge on any atom is 0.263 e. The first-order valence-corrected chi connectivity index (χ1v) is 9.14. The van der Waals surface area contributed by atoms with E-state index in [4.69, 9.17) is 0 Å². The van der Waals surface area contributed by atoms with Crippen molar-refractivity contribution in [3.63, 3.8) is 0 Å². The fourth-order valence-electron chi connectivity index (χ4n) is 2.09. The summed E-state index contributed by atoms with van der Waals surface area (Å²) in [7, 11) is -3.70. The second kappa shape index (κ2) is 6.72. The molecule has 0 aliphatic rings. The molecule has 23 heavy (non-hydrogen) atoms. The molecule has 0 unspecified atom stereocenters. The summed E-state index contributed by atoms with van der Waals surface area (Å²) >= 11 is 3.28. The summed E-state index contributed by atoms with van der Waals surface area (Å²) in [5.74, 6) is -0.176. The summed E-state index contributed by atoms with van der Waals surface area (Å²) < 4.78 is 28.1. The van der Waals surface area contributed by atoms with Gasteiger partial charge in [-0.3, -0.25) is 9.52 Å². The molecule has 0 saturated heterocycles. The standard InChI is InChI=1S/C16H17BrN2O3S/c1-10-4-7-16(14(17)8-10)23(21,22)19-13-5-6-15(11(2)9-13)18-12(3)20/h4-9,19H,1-3H3,(H,18,20). The molecule has 0 saturated carbocycles. The Morgan fingerprint density at radius 3 is 2.35 bits per heavy atom. The quantitative estimate of drug-likeness (QED) is 0.824. The number of anilines is 2. The molecule has 2 aromatic carbocycles. The van der Waals surface area contributed by atoms with Crippen molar-refractivity contribution in [3.05, 3.63) is 52.0 Å². The first-order valence-electron chi connectivity index (χ1n) is 6.86. The number of carbonyl (C=O) groups excluding carboxylic acids is 1. The van der Waals surface area contributed by atoms with Crippen LogP contribution in [-0.4, -0.2) is 14.3 Å². The fraction of sp³-hybridized carbons (Fsp3) is 0.188. The monoisotopic (exact) mass is 396 g/mol. The van der Waals surface area contributed by atoms with E-state index in [0.29, 0.717) is 15.8 Å². The lowest BCUT2D eigenvalue weighted by Crippen LogP contribution is -2.14. The molecule has 0 aliphatic carbocycles. The molecule has 0 bridgehead atoms. The van der Waals surface area contributed by atoms with Crippen LogP contribution >= 0.6 is 15.9 Å². The van der Waals surface area contributed by atoms with Crippen LogP contribution in [0.4, 0.5) is 11.4 Å². The highest BCUT2D eigenvalue weighted by Gasteiger charge is 2.18. The molecule has 2 rings (SSSR count). The van der Waals surface area contributed by atoms with Crippen molar-refractivity contribution in [1.82, 2.24) is 0 Å². The normalized spacial score (nSPS) is 11.1. The van der Waals surface area contributed by atoms with Crippen molar-refractivity contribution in [1.29, 1.82) is 0 Å². The minimum Gasteiger partial charge on any atom is -0.326 e. The van der Waals surface area contributed by atoms with E-state index in [-0.39, 0.29) is 10.8 Å². The second-order valence-electron chi connectivity index (χ2n) is 5.25. The van der Waals surface area contributed by atoms with Crippen molar-refractivity contribution in [2.45, 2.75) is 25.7 Å². The van der Waals surface area contributed by atoms with Gasteiger partial charge in [0.1, 0.15) is 4.90 Å². The van der Waals surface area contributed by atoms with Crippen molar-refractivity contribution in [2.75, 3.05) is 10.0 Å². The number of hydrogen-bond acceptors (Lipinski definition) is 3. The van der Waals surface area contributed by atoms with Crippen LogP contribution in [0.3, 0.4) is 0 Å². The first-order chi connectivity index (χ1) is 10.7. The number of sulfonamides is 1. The van der Waals surface area contributed by atoms with Gasteiger partial charge in [-0.05, 0) is 71.2 Å². The fourth-order valence-corrected chi connectivity index (χ4v) is 4.33. The number of benzene rings is 2. The van der Waals surface area contributed by atoms with Crippen LogP contribution in [0.1, 0.15) is 18.1 Å². The average molecular weight is 397 g/mol. The van der Waals surface area contributed by atoms with Crippen molar-refractivity contribution < 1.29 is 13.2 Å². The smallest absolute Gasteiger partial charge is 0.263 e. The van der Waals surface area contributed by atoms with Gasteiger partial charge in [0.15, 0.2) is 0 Å². The van der Waals surface area contributed by atoms with Crippen molar-refractivity contribution >= 4 is 43.2 Å². The zero-order valence-electron chi connectivity index (χ0n) is 13.0. The van der Waals surface area contributed by atoms with Crippen LogP contribution in [0.2, 0.25) is 0 Å². The number of amides is 1. The van der Waals surface area contributed by atoms with E-state index < -0.39 is 10.0 Å². The van der Waals surface area contributed by atoms with E-state index in [0.717, 1.165) is 11.1 Å². The third-order valence-corrected chi connectivity index (χ3v) is 5.52. The summed E-state index contributed by atoms with van der Waals surface area (Å²) in [6.45, 7) is 5.11. The van der Waals surface area contributed by atoms with Crippen LogP contribution < -0.4 is 10.0 Å². The van der Waals surface area contributed by atoms with E-state index in [1.807, 2.05) is 6.92 Å². The minimum atomic E-state index is -3.70. The zero-order chi connectivity index (χ0) is 17.2. The van der Waals surface area contributed by atoms with Gasteiger partial charge >= 0.3 is 0 Å². The van der Waals surface area contributed by atoms with E-state index in [9.17, 15) is 13.2 Å². The van der Waals surface area contributed by atoms with E-state index in [1.165, 1.54) is 6.92 Å². The highest BCUT2D eigenvalue weighted by atomic mass is 79.9. The Labute approximate surface area is 144 Å². The number of hydrogen-bond donors (Lipinski definition) is 2. The van der Waals surface area contributed by atoms with Gasteiger partial charge in [0, 0.05) is 22.8 Å². The number of carbonyl (C=O) groups is 1. The Kier molecular flexibility index (Phi) is 5.11. The van der Waals surface area contributed by atoms with Crippen molar-refractivity contribution in [2.24, 2.45) is 0 Å². The molecule has 0 aliphatic heterocycles. The maximum absolute atomic E-state index is 12.5. The third kappa shape index (κ3) is 4.33. The summed E-state index contributed by atoms with van der Waals surface area (Å²) in [5.41, 5.74) is 2.82. The topological polar surface area (TPSA) is 75.3 Å². The Morgan fingerprint density at radius 2 is 1.78 bits per heavy atom. The third-order valence-electron chi connectivity index (χ3n) is 3.17. The van der Waals surface area contributed by atoms with Gasteiger partial charge in [0.25, 0.3) is 10.0 Å². The molecule has 2 aromatic rings. The molecular weight excluding hydrogens is 380 g/mol. The van der Waals surface area contributed by atoms with E-state index in [2.05, 4.69) is 26.0 Å². The molecular formula is C16H17BrN2O3S. The number of aryl methyl sites for hydroxylation is 2. The van der Waals surface area contributed by atoms with Gasteiger partial charge in [-0.2, -0.15) is 0 Å². The molecule has 0 spiro atoms. The Balaban J connectivity index is 2.30. The molecule has 5 nitrogen and oxygen atoms in total. The van der Waals surface area contributed by atoms with Crippen molar-refractivity contribution in [3.8, 4) is 0 Å². The van der Waals surface area contributed by atoms with Crippen LogP contribution in [0.25, 0.3) is 0 Å². The van der Waals surface area contributed by atoms with Crippen LogP contribution in [0.15, 0.2) is 45.8 Å². The van der Waals surface area contributed by atoms with Gasteiger partial charge in [-0.1, -0.05) is 6.07 Å². The summed E-state index contributed by atoms with van der Waals surface area (Å²) in [4.78, 5) is 11.3. The summed E-state index contributed by atoms with van der Waals surface area (Å²) in [6, 6.07) is 9.99. The number of rotatable bonds is 4. The number of nitrogens with one attached hydrogen (secondary N) is 2. The van der Waals surface area contributed by atoms with Gasteiger partial charge in [0.05, 0.1) is 0 Å². The highest BCUT2D eigenvalue weighted by molar-refractivity contribution is 9.10. The largest absolute Gasteiger partial charge is 0.326 e. The zero-order valence-corrected chi connectivity index (χ0v) is 15.4. The SMILES string of the molecule is CC(=O)Nc1ccc(NS(=O)(=O)c2ccc(C)cc2Br)cc1C. The van der Waals surface area contributed by atoms with E-state index in [1.54, 1.807) is 43.3 Å².